The van der Waals surface area contributed by atoms with Crippen molar-refractivity contribution in [2.24, 2.45) is 5.92 Å². The van der Waals surface area contributed by atoms with Crippen LogP contribution in [0.3, 0.4) is 0 Å². The first-order valence-electron chi connectivity index (χ1n) is 7.14. The van der Waals surface area contributed by atoms with Crippen molar-refractivity contribution in [3.63, 3.8) is 0 Å². The summed E-state index contributed by atoms with van der Waals surface area (Å²) in [7, 11) is 0. The van der Waals surface area contributed by atoms with Crippen LogP contribution in [0.1, 0.15) is 30.1 Å². The number of hydrogen-bond donors (Lipinski definition) is 2. The fourth-order valence-electron chi connectivity index (χ4n) is 2.00. The van der Waals surface area contributed by atoms with Gasteiger partial charge in [0.25, 0.3) is 0 Å². The molecule has 0 saturated heterocycles. The molecule has 1 fully saturated rings. The van der Waals surface area contributed by atoms with Gasteiger partial charge in [-0.15, -0.1) is 10.2 Å². The molecular formula is C16H16N4O2. The lowest BCUT2D eigenvalue weighted by Crippen LogP contribution is -2.14. The van der Waals surface area contributed by atoms with Gasteiger partial charge in [0, 0.05) is 17.2 Å². The number of anilines is 3. The van der Waals surface area contributed by atoms with Gasteiger partial charge in [0.2, 0.25) is 5.91 Å². The van der Waals surface area contributed by atoms with Gasteiger partial charge in [-0.1, -0.05) is 12.1 Å². The lowest BCUT2D eigenvalue weighted by molar-refractivity contribution is -0.117. The maximum atomic E-state index is 11.6. The summed E-state index contributed by atoms with van der Waals surface area (Å²) in [6.45, 7) is 1.52. The number of carbonyl (C=O) groups is 2. The van der Waals surface area contributed by atoms with Crippen LogP contribution in [0.4, 0.5) is 17.3 Å². The molecule has 1 saturated carbocycles. The molecule has 3 rings (SSSR count). The van der Waals surface area contributed by atoms with Gasteiger partial charge in [0.05, 0.1) is 0 Å². The molecule has 6 nitrogen and oxygen atoms in total. The maximum Gasteiger partial charge on any atom is 0.228 e. The molecule has 22 heavy (non-hydrogen) atoms. The van der Waals surface area contributed by atoms with Crippen molar-refractivity contribution in [2.75, 3.05) is 10.6 Å². The molecule has 2 N–H and O–H groups in total. The fourth-order valence-corrected chi connectivity index (χ4v) is 2.00. The molecule has 0 radical (unpaired) electrons. The van der Waals surface area contributed by atoms with Crippen molar-refractivity contribution in [3.8, 4) is 0 Å². The van der Waals surface area contributed by atoms with Crippen LogP contribution in [0.5, 0.6) is 0 Å². The highest BCUT2D eigenvalue weighted by Gasteiger charge is 2.29. The van der Waals surface area contributed by atoms with E-state index in [0.717, 1.165) is 18.5 Å². The van der Waals surface area contributed by atoms with E-state index in [1.807, 2.05) is 6.07 Å². The second kappa shape index (κ2) is 5.93. The van der Waals surface area contributed by atoms with Crippen molar-refractivity contribution in [1.29, 1.82) is 0 Å². The Morgan fingerprint density at radius 3 is 2.45 bits per heavy atom. The van der Waals surface area contributed by atoms with Crippen LogP contribution in [0.15, 0.2) is 36.4 Å². The standard InChI is InChI=1S/C16H16N4O2/c1-10(21)12-3-2-4-13(9-12)17-14-7-8-15(20-19-14)18-16(22)11-5-6-11/h2-4,7-9,11H,5-6H2,1H3,(H,17,19)(H,18,20,22). The van der Waals surface area contributed by atoms with Crippen LogP contribution in [-0.4, -0.2) is 21.9 Å². The number of Topliss-reactive ketones (excluding diaryl/α,β-unsaturated/α-hetero) is 1. The molecule has 6 heteroatoms. The lowest BCUT2D eigenvalue weighted by atomic mass is 10.1. The highest BCUT2D eigenvalue weighted by Crippen LogP contribution is 2.29. The third-order valence-electron chi connectivity index (χ3n) is 3.41. The molecule has 0 aliphatic heterocycles. The van der Waals surface area contributed by atoms with Gasteiger partial charge in [-0.05, 0) is 44.0 Å². The van der Waals surface area contributed by atoms with Gasteiger partial charge < -0.3 is 10.6 Å². The normalized spacial score (nSPS) is 13.5. The monoisotopic (exact) mass is 296 g/mol. The molecule has 0 atom stereocenters. The smallest absolute Gasteiger partial charge is 0.228 e. The van der Waals surface area contributed by atoms with E-state index in [0.29, 0.717) is 17.2 Å². The van der Waals surface area contributed by atoms with Crippen molar-refractivity contribution in [1.82, 2.24) is 10.2 Å². The Balaban J connectivity index is 1.66. The zero-order chi connectivity index (χ0) is 15.5. The molecule has 2 aromatic rings. The van der Waals surface area contributed by atoms with Crippen molar-refractivity contribution in [3.05, 3.63) is 42.0 Å². The van der Waals surface area contributed by atoms with Gasteiger partial charge in [-0.25, -0.2) is 0 Å². The summed E-state index contributed by atoms with van der Waals surface area (Å²) in [6, 6.07) is 10.6. The fraction of sp³-hybridized carbons (Fsp3) is 0.250. The van der Waals surface area contributed by atoms with Crippen LogP contribution in [0, 0.1) is 5.92 Å². The quantitative estimate of drug-likeness (QED) is 0.829. The molecule has 1 amide bonds. The molecule has 1 aliphatic carbocycles. The van der Waals surface area contributed by atoms with E-state index in [9.17, 15) is 9.59 Å². The van der Waals surface area contributed by atoms with Crippen LogP contribution in [-0.2, 0) is 4.79 Å². The van der Waals surface area contributed by atoms with E-state index in [1.165, 1.54) is 6.92 Å². The zero-order valence-corrected chi connectivity index (χ0v) is 12.2. The number of rotatable bonds is 5. The van der Waals surface area contributed by atoms with Gasteiger partial charge in [0.15, 0.2) is 17.4 Å². The highest BCUT2D eigenvalue weighted by molar-refractivity contribution is 5.95. The maximum absolute atomic E-state index is 11.6. The van der Waals surface area contributed by atoms with Crippen molar-refractivity contribution < 1.29 is 9.59 Å². The van der Waals surface area contributed by atoms with E-state index in [-0.39, 0.29) is 17.6 Å². The molecule has 112 valence electrons. The molecule has 0 spiro atoms. The molecule has 1 heterocycles. The minimum Gasteiger partial charge on any atom is -0.339 e. The predicted molar refractivity (Wildman–Crippen MR) is 83.1 cm³/mol. The van der Waals surface area contributed by atoms with Gasteiger partial charge in [-0.2, -0.15) is 0 Å². The molecule has 0 bridgehead atoms. The molecule has 1 aliphatic rings. The van der Waals surface area contributed by atoms with Crippen LogP contribution < -0.4 is 10.6 Å². The number of aromatic nitrogens is 2. The third kappa shape index (κ3) is 3.46. The third-order valence-corrected chi connectivity index (χ3v) is 3.41. The Labute approximate surface area is 128 Å². The van der Waals surface area contributed by atoms with Gasteiger partial charge in [-0.3, -0.25) is 9.59 Å². The number of ketones is 1. The first-order chi connectivity index (χ1) is 10.6. The number of hydrogen-bond acceptors (Lipinski definition) is 5. The van der Waals surface area contributed by atoms with E-state index >= 15 is 0 Å². The van der Waals surface area contributed by atoms with E-state index in [1.54, 1.807) is 30.3 Å². The summed E-state index contributed by atoms with van der Waals surface area (Å²) < 4.78 is 0. The Morgan fingerprint density at radius 2 is 1.82 bits per heavy atom. The Morgan fingerprint density at radius 1 is 1.09 bits per heavy atom. The summed E-state index contributed by atoms with van der Waals surface area (Å²) >= 11 is 0. The largest absolute Gasteiger partial charge is 0.339 e. The first-order valence-corrected chi connectivity index (χ1v) is 7.14. The predicted octanol–water partition coefficient (Wildman–Crippen LogP) is 2.77. The minimum absolute atomic E-state index is 0.00386. The molecular weight excluding hydrogens is 280 g/mol. The molecule has 1 aromatic heterocycles. The zero-order valence-electron chi connectivity index (χ0n) is 12.2. The minimum atomic E-state index is 0.00386. The Bertz CT molecular complexity index is 708. The lowest BCUT2D eigenvalue weighted by Gasteiger charge is -2.07. The Hall–Kier alpha value is -2.76. The number of amides is 1. The second-order valence-corrected chi connectivity index (χ2v) is 5.33. The summed E-state index contributed by atoms with van der Waals surface area (Å²) in [5.74, 6) is 1.14. The second-order valence-electron chi connectivity index (χ2n) is 5.33. The topological polar surface area (TPSA) is 84.0 Å². The summed E-state index contributed by atoms with van der Waals surface area (Å²) in [4.78, 5) is 23.0. The molecule has 1 aromatic carbocycles. The summed E-state index contributed by atoms with van der Waals surface area (Å²) in [5, 5.41) is 13.8. The Kier molecular flexibility index (Phi) is 3.82. The SMILES string of the molecule is CC(=O)c1cccc(Nc2ccc(NC(=O)C3CC3)nn2)c1. The number of carbonyl (C=O) groups excluding carboxylic acids is 2. The van der Waals surface area contributed by atoms with Gasteiger partial charge >= 0.3 is 0 Å². The number of nitrogens with one attached hydrogen (secondary N) is 2. The van der Waals surface area contributed by atoms with Gasteiger partial charge in [0.1, 0.15) is 0 Å². The average molecular weight is 296 g/mol. The van der Waals surface area contributed by atoms with Crippen LogP contribution in [0.25, 0.3) is 0 Å². The first kappa shape index (κ1) is 14.2. The van der Waals surface area contributed by atoms with E-state index in [4.69, 9.17) is 0 Å². The highest BCUT2D eigenvalue weighted by atomic mass is 16.2. The van der Waals surface area contributed by atoms with E-state index < -0.39 is 0 Å². The summed E-state index contributed by atoms with van der Waals surface area (Å²) in [5.41, 5.74) is 1.39. The van der Waals surface area contributed by atoms with Crippen LogP contribution >= 0.6 is 0 Å². The van der Waals surface area contributed by atoms with E-state index in [2.05, 4.69) is 20.8 Å². The number of nitrogens with zero attached hydrogens (tertiary/aromatic N) is 2. The number of benzene rings is 1. The summed E-state index contributed by atoms with van der Waals surface area (Å²) in [6.07, 6.45) is 1.90. The molecule has 0 unspecified atom stereocenters. The average Bonchev–Trinajstić information content (AvgIpc) is 3.34. The van der Waals surface area contributed by atoms with Crippen LogP contribution in [0.2, 0.25) is 0 Å². The van der Waals surface area contributed by atoms with Crippen molar-refractivity contribution >= 4 is 29.0 Å². The van der Waals surface area contributed by atoms with Crippen molar-refractivity contribution in [2.45, 2.75) is 19.8 Å².